The number of amides is 1. The van der Waals surface area contributed by atoms with E-state index < -0.39 is 17.3 Å². The van der Waals surface area contributed by atoms with E-state index in [2.05, 4.69) is 27.0 Å². The summed E-state index contributed by atoms with van der Waals surface area (Å²) in [5, 5.41) is 0. The third kappa shape index (κ3) is 6.04. The van der Waals surface area contributed by atoms with E-state index in [1.54, 1.807) is 4.90 Å². The number of likely N-dealkylation sites (tertiary alicyclic amines) is 1. The summed E-state index contributed by atoms with van der Waals surface area (Å²) >= 11 is 0. The molecule has 0 aliphatic carbocycles. The standard InChI is InChI=1S/C25H32F3N5O2/c1-18-15-32(22-29-13-21(14-30-22)25(26,27)28)16-19(2)33(18)23(34)35-24(3)9-11-31(12-10-24)17-20-7-5-4-6-8-20/h4-8,13-14,18-19H,9-12,15-17H2,1-3H3/t18-,19-/m1/s1. The minimum Gasteiger partial charge on any atom is -0.443 e. The molecule has 2 saturated heterocycles. The van der Waals surface area contributed by atoms with Crippen molar-refractivity contribution >= 4 is 12.0 Å². The molecule has 7 nitrogen and oxygen atoms in total. The van der Waals surface area contributed by atoms with Gasteiger partial charge in [0.15, 0.2) is 0 Å². The molecule has 2 fully saturated rings. The number of anilines is 1. The Morgan fingerprint density at radius 1 is 1.06 bits per heavy atom. The minimum atomic E-state index is -4.48. The van der Waals surface area contributed by atoms with Crippen LogP contribution >= 0.6 is 0 Å². The van der Waals surface area contributed by atoms with Crippen LogP contribution < -0.4 is 4.90 Å². The lowest BCUT2D eigenvalue weighted by Gasteiger charge is -2.46. The summed E-state index contributed by atoms with van der Waals surface area (Å²) in [5.41, 5.74) is -0.143. The molecule has 2 aliphatic heterocycles. The zero-order valence-corrected chi connectivity index (χ0v) is 20.3. The summed E-state index contributed by atoms with van der Waals surface area (Å²) in [5.74, 6) is 0.225. The van der Waals surface area contributed by atoms with Gasteiger partial charge in [-0.05, 0) is 39.2 Å². The molecule has 0 saturated carbocycles. The lowest BCUT2D eigenvalue weighted by Crippen LogP contribution is -2.60. The number of alkyl halides is 3. The van der Waals surface area contributed by atoms with E-state index in [1.807, 2.05) is 43.9 Å². The number of ether oxygens (including phenoxy) is 1. The molecule has 2 aliphatic rings. The molecule has 4 rings (SSSR count). The average Bonchev–Trinajstić information content (AvgIpc) is 2.80. The van der Waals surface area contributed by atoms with Crippen LogP contribution in [0, 0.1) is 0 Å². The number of hydrogen-bond donors (Lipinski definition) is 0. The SMILES string of the molecule is C[C@@H]1CN(c2ncc(C(F)(F)F)cn2)C[C@@H](C)N1C(=O)OC1(C)CCN(Cc2ccccc2)CC1. The molecular formula is C25H32F3N5O2. The molecule has 35 heavy (non-hydrogen) atoms. The van der Waals surface area contributed by atoms with Crippen LogP contribution in [-0.2, 0) is 17.5 Å². The van der Waals surface area contributed by atoms with Gasteiger partial charge in [-0.25, -0.2) is 14.8 Å². The molecule has 1 amide bonds. The molecule has 2 atom stereocenters. The minimum absolute atomic E-state index is 0.209. The van der Waals surface area contributed by atoms with Crippen molar-refractivity contribution in [1.29, 1.82) is 0 Å². The van der Waals surface area contributed by atoms with E-state index in [0.717, 1.165) is 44.9 Å². The van der Waals surface area contributed by atoms with E-state index in [-0.39, 0.29) is 24.1 Å². The molecule has 1 aromatic carbocycles. The van der Waals surface area contributed by atoms with Crippen molar-refractivity contribution in [2.24, 2.45) is 0 Å². The molecule has 0 radical (unpaired) electrons. The maximum atomic E-state index is 13.2. The van der Waals surface area contributed by atoms with Gasteiger partial charge >= 0.3 is 12.3 Å². The number of halogens is 3. The fraction of sp³-hybridized carbons (Fsp3) is 0.560. The van der Waals surface area contributed by atoms with Crippen LogP contribution in [0.25, 0.3) is 0 Å². The quantitative estimate of drug-likeness (QED) is 0.624. The second-order valence-corrected chi connectivity index (χ2v) is 9.86. The van der Waals surface area contributed by atoms with Crippen LogP contribution in [0.15, 0.2) is 42.7 Å². The van der Waals surface area contributed by atoms with Gasteiger partial charge < -0.3 is 9.64 Å². The number of carbonyl (C=O) groups excluding carboxylic acids is 1. The molecular weight excluding hydrogens is 459 g/mol. The summed E-state index contributed by atoms with van der Waals surface area (Å²) in [6.45, 7) is 9.20. The van der Waals surface area contributed by atoms with Crippen molar-refractivity contribution in [2.45, 2.75) is 64.0 Å². The fourth-order valence-electron chi connectivity index (χ4n) is 4.87. The number of piperazine rings is 1. The Hall–Kier alpha value is -2.88. The Balaban J connectivity index is 1.32. The van der Waals surface area contributed by atoms with Gasteiger partial charge in [-0.3, -0.25) is 9.80 Å². The van der Waals surface area contributed by atoms with Crippen molar-refractivity contribution in [1.82, 2.24) is 19.8 Å². The van der Waals surface area contributed by atoms with Gasteiger partial charge in [0.25, 0.3) is 0 Å². The zero-order valence-electron chi connectivity index (χ0n) is 20.3. The molecule has 0 N–H and O–H groups in total. The molecule has 190 valence electrons. The van der Waals surface area contributed by atoms with Crippen molar-refractivity contribution in [3.63, 3.8) is 0 Å². The maximum absolute atomic E-state index is 13.2. The first-order valence-electron chi connectivity index (χ1n) is 12.0. The van der Waals surface area contributed by atoms with E-state index in [1.165, 1.54) is 5.56 Å². The first kappa shape index (κ1) is 25.2. The summed E-state index contributed by atoms with van der Waals surface area (Å²) in [6.07, 6.45) is -1.72. The molecule has 3 heterocycles. The van der Waals surface area contributed by atoms with E-state index in [0.29, 0.717) is 13.1 Å². The van der Waals surface area contributed by atoms with Crippen LogP contribution in [0.3, 0.4) is 0 Å². The number of aromatic nitrogens is 2. The smallest absolute Gasteiger partial charge is 0.419 e. The molecule has 0 spiro atoms. The normalized spacial score (nSPS) is 23.3. The first-order valence-corrected chi connectivity index (χ1v) is 12.0. The summed E-state index contributed by atoms with van der Waals surface area (Å²) < 4.78 is 44.5. The predicted octanol–water partition coefficient (Wildman–Crippen LogP) is 4.59. The zero-order chi connectivity index (χ0) is 25.2. The van der Waals surface area contributed by atoms with Crippen LogP contribution in [0.1, 0.15) is 44.7 Å². The Morgan fingerprint density at radius 3 is 2.17 bits per heavy atom. The van der Waals surface area contributed by atoms with Crippen LogP contribution in [0.4, 0.5) is 23.9 Å². The Morgan fingerprint density at radius 2 is 1.63 bits per heavy atom. The third-order valence-corrected chi connectivity index (χ3v) is 6.87. The highest BCUT2D eigenvalue weighted by Gasteiger charge is 2.40. The molecule has 1 aromatic heterocycles. The Bertz CT molecular complexity index is 982. The van der Waals surface area contributed by atoms with Crippen LogP contribution in [0.2, 0.25) is 0 Å². The molecule has 0 unspecified atom stereocenters. The van der Waals surface area contributed by atoms with Gasteiger partial charge in [0, 0.05) is 45.1 Å². The second-order valence-electron chi connectivity index (χ2n) is 9.86. The lowest BCUT2D eigenvalue weighted by atomic mass is 9.93. The van der Waals surface area contributed by atoms with Gasteiger partial charge in [-0.15, -0.1) is 0 Å². The maximum Gasteiger partial charge on any atom is 0.419 e. The topological polar surface area (TPSA) is 61.8 Å². The number of nitrogens with zero attached hydrogens (tertiary/aromatic N) is 5. The van der Waals surface area contributed by atoms with Crippen molar-refractivity contribution < 1.29 is 22.7 Å². The number of piperidine rings is 1. The lowest BCUT2D eigenvalue weighted by molar-refractivity contribution is -0.138. The van der Waals surface area contributed by atoms with Gasteiger partial charge in [-0.2, -0.15) is 13.2 Å². The van der Waals surface area contributed by atoms with E-state index in [9.17, 15) is 18.0 Å². The van der Waals surface area contributed by atoms with Crippen molar-refractivity contribution in [3.05, 3.63) is 53.9 Å². The molecule has 10 heteroatoms. The van der Waals surface area contributed by atoms with Gasteiger partial charge in [0.2, 0.25) is 5.95 Å². The van der Waals surface area contributed by atoms with E-state index >= 15 is 0 Å². The third-order valence-electron chi connectivity index (χ3n) is 6.87. The number of benzene rings is 1. The first-order chi connectivity index (χ1) is 16.5. The largest absolute Gasteiger partial charge is 0.443 e. The van der Waals surface area contributed by atoms with Gasteiger partial charge in [-0.1, -0.05) is 30.3 Å². The highest BCUT2D eigenvalue weighted by molar-refractivity contribution is 5.69. The number of hydrogen-bond acceptors (Lipinski definition) is 6. The van der Waals surface area contributed by atoms with Crippen molar-refractivity contribution in [3.8, 4) is 0 Å². The van der Waals surface area contributed by atoms with Gasteiger partial charge in [0.05, 0.1) is 17.6 Å². The van der Waals surface area contributed by atoms with Crippen molar-refractivity contribution in [2.75, 3.05) is 31.1 Å². The number of rotatable bonds is 4. The summed E-state index contributed by atoms with van der Waals surface area (Å²) in [6, 6.07) is 9.90. The number of carbonyl (C=O) groups is 1. The highest BCUT2D eigenvalue weighted by atomic mass is 19.4. The molecule has 0 bridgehead atoms. The Labute approximate surface area is 203 Å². The van der Waals surface area contributed by atoms with Crippen LogP contribution in [-0.4, -0.2) is 69.7 Å². The predicted molar refractivity (Wildman–Crippen MR) is 126 cm³/mol. The second kappa shape index (κ2) is 10.0. The van der Waals surface area contributed by atoms with Gasteiger partial charge in [0.1, 0.15) is 5.60 Å². The summed E-state index contributed by atoms with van der Waals surface area (Å²) in [7, 11) is 0. The van der Waals surface area contributed by atoms with Crippen LogP contribution in [0.5, 0.6) is 0 Å². The Kier molecular flexibility index (Phi) is 7.21. The monoisotopic (exact) mass is 491 g/mol. The highest BCUT2D eigenvalue weighted by Crippen LogP contribution is 2.31. The fourth-order valence-corrected chi connectivity index (χ4v) is 4.87. The summed E-state index contributed by atoms with van der Waals surface area (Å²) in [4.78, 5) is 26.9. The average molecular weight is 492 g/mol. The van der Waals surface area contributed by atoms with E-state index in [4.69, 9.17) is 4.74 Å². The molecule has 2 aromatic rings.